The summed E-state index contributed by atoms with van der Waals surface area (Å²) in [5, 5.41) is 3.42. The monoisotopic (exact) mass is 233 g/mol. The van der Waals surface area contributed by atoms with Crippen LogP contribution in [0.1, 0.15) is 44.2 Å². The molecule has 1 aliphatic rings. The van der Waals surface area contributed by atoms with E-state index in [4.69, 9.17) is 4.74 Å². The van der Waals surface area contributed by atoms with Crippen LogP contribution in [-0.2, 0) is 5.41 Å². The van der Waals surface area contributed by atoms with Crippen LogP contribution in [0.25, 0.3) is 0 Å². The van der Waals surface area contributed by atoms with Crippen LogP contribution in [0.2, 0.25) is 0 Å². The Kier molecular flexibility index (Phi) is 3.43. The van der Waals surface area contributed by atoms with E-state index in [2.05, 4.69) is 44.3 Å². The summed E-state index contributed by atoms with van der Waals surface area (Å²) >= 11 is 0. The van der Waals surface area contributed by atoms with Crippen LogP contribution in [0.5, 0.6) is 5.75 Å². The molecule has 0 amide bonds. The van der Waals surface area contributed by atoms with Crippen LogP contribution >= 0.6 is 0 Å². The maximum Gasteiger partial charge on any atom is 0.126 e. The Labute approximate surface area is 104 Å². The molecule has 1 N–H and O–H groups in total. The highest BCUT2D eigenvalue weighted by molar-refractivity contribution is 5.47. The van der Waals surface area contributed by atoms with E-state index in [9.17, 15) is 0 Å². The Morgan fingerprint density at radius 2 is 2.06 bits per heavy atom. The highest BCUT2D eigenvalue weighted by atomic mass is 16.5. The molecule has 2 heteroatoms. The van der Waals surface area contributed by atoms with Crippen LogP contribution < -0.4 is 10.1 Å². The molecule has 0 aromatic heterocycles. The highest BCUT2D eigenvalue weighted by Crippen LogP contribution is 2.38. The highest BCUT2D eigenvalue weighted by Gasteiger charge is 2.25. The first kappa shape index (κ1) is 12.4. The summed E-state index contributed by atoms with van der Waals surface area (Å²) in [4.78, 5) is 0. The second-order valence-electron chi connectivity index (χ2n) is 5.87. The minimum absolute atomic E-state index is 0.132. The molecule has 0 spiro atoms. The largest absolute Gasteiger partial charge is 0.496 e. The van der Waals surface area contributed by atoms with Crippen LogP contribution in [0.3, 0.4) is 0 Å². The van der Waals surface area contributed by atoms with Gasteiger partial charge in [-0.1, -0.05) is 39.0 Å². The van der Waals surface area contributed by atoms with E-state index in [0.717, 1.165) is 18.8 Å². The molecule has 1 aliphatic heterocycles. The molecule has 1 aromatic rings. The fourth-order valence-corrected chi connectivity index (χ4v) is 2.61. The predicted molar refractivity (Wildman–Crippen MR) is 71.9 cm³/mol. The predicted octanol–water partition coefficient (Wildman–Crippen LogP) is 3.07. The number of para-hydroxylation sites is 1. The van der Waals surface area contributed by atoms with Gasteiger partial charge in [0.2, 0.25) is 0 Å². The number of ether oxygens (including phenoxy) is 1. The maximum absolute atomic E-state index is 5.69. The SMILES string of the molecule is COc1c(C2CCNC2)cccc1C(C)(C)C. The van der Waals surface area contributed by atoms with Gasteiger partial charge in [0, 0.05) is 12.5 Å². The number of methoxy groups -OCH3 is 1. The molecule has 1 saturated heterocycles. The third-order valence-electron chi connectivity index (χ3n) is 3.56. The van der Waals surface area contributed by atoms with Gasteiger partial charge >= 0.3 is 0 Å². The molecule has 94 valence electrons. The molecule has 0 aliphatic carbocycles. The summed E-state index contributed by atoms with van der Waals surface area (Å²) in [5.74, 6) is 1.70. The van der Waals surface area contributed by atoms with Crippen LogP contribution in [0.15, 0.2) is 18.2 Å². The van der Waals surface area contributed by atoms with E-state index >= 15 is 0 Å². The molecule has 1 aromatic carbocycles. The topological polar surface area (TPSA) is 21.3 Å². The first-order chi connectivity index (χ1) is 8.04. The maximum atomic E-state index is 5.69. The molecular formula is C15H23NO. The standard InChI is InChI=1S/C15H23NO/c1-15(2,3)13-7-5-6-12(14(13)17-4)11-8-9-16-10-11/h5-7,11,16H,8-10H2,1-4H3. The van der Waals surface area contributed by atoms with E-state index in [1.54, 1.807) is 7.11 Å². The zero-order chi connectivity index (χ0) is 12.5. The van der Waals surface area contributed by atoms with Crippen molar-refractivity contribution in [3.05, 3.63) is 29.3 Å². The summed E-state index contributed by atoms with van der Waals surface area (Å²) in [6.07, 6.45) is 1.21. The summed E-state index contributed by atoms with van der Waals surface area (Å²) in [6, 6.07) is 6.56. The van der Waals surface area contributed by atoms with Gasteiger partial charge in [0.15, 0.2) is 0 Å². The zero-order valence-electron chi connectivity index (χ0n) is 11.3. The van der Waals surface area contributed by atoms with Crippen molar-refractivity contribution in [1.29, 1.82) is 0 Å². The quantitative estimate of drug-likeness (QED) is 0.847. The Hall–Kier alpha value is -1.02. The van der Waals surface area contributed by atoms with Crippen LogP contribution in [0, 0.1) is 0 Å². The van der Waals surface area contributed by atoms with Crippen molar-refractivity contribution < 1.29 is 4.74 Å². The number of hydrogen-bond donors (Lipinski definition) is 1. The zero-order valence-corrected chi connectivity index (χ0v) is 11.3. The number of hydrogen-bond acceptors (Lipinski definition) is 2. The molecular weight excluding hydrogens is 210 g/mol. The van der Waals surface area contributed by atoms with Crippen LogP contribution in [0.4, 0.5) is 0 Å². The fraction of sp³-hybridized carbons (Fsp3) is 0.600. The first-order valence-corrected chi connectivity index (χ1v) is 6.42. The van der Waals surface area contributed by atoms with Crippen LogP contribution in [-0.4, -0.2) is 20.2 Å². The average Bonchev–Trinajstić information content (AvgIpc) is 2.80. The molecule has 2 rings (SSSR count). The lowest BCUT2D eigenvalue weighted by Crippen LogP contribution is -2.15. The summed E-state index contributed by atoms with van der Waals surface area (Å²) in [6.45, 7) is 8.90. The van der Waals surface area contributed by atoms with Crippen molar-refractivity contribution in [3.63, 3.8) is 0 Å². The van der Waals surface area contributed by atoms with Gasteiger partial charge in [0.1, 0.15) is 5.75 Å². The number of rotatable bonds is 2. The third kappa shape index (κ3) is 2.47. The van der Waals surface area contributed by atoms with Crippen molar-refractivity contribution in [3.8, 4) is 5.75 Å². The summed E-state index contributed by atoms with van der Waals surface area (Å²) in [7, 11) is 1.79. The van der Waals surface area contributed by atoms with Gasteiger partial charge in [-0.2, -0.15) is 0 Å². The Balaban J connectivity index is 2.45. The Morgan fingerprint density at radius 3 is 2.59 bits per heavy atom. The first-order valence-electron chi connectivity index (χ1n) is 6.42. The fourth-order valence-electron chi connectivity index (χ4n) is 2.61. The molecule has 1 fully saturated rings. The Morgan fingerprint density at radius 1 is 1.29 bits per heavy atom. The second kappa shape index (κ2) is 4.69. The molecule has 17 heavy (non-hydrogen) atoms. The van der Waals surface area contributed by atoms with Crippen molar-refractivity contribution in [1.82, 2.24) is 5.32 Å². The van der Waals surface area contributed by atoms with Gasteiger partial charge in [-0.3, -0.25) is 0 Å². The van der Waals surface area contributed by atoms with Crippen molar-refractivity contribution >= 4 is 0 Å². The number of benzene rings is 1. The van der Waals surface area contributed by atoms with Gasteiger partial charge in [0.25, 0.3) is 0 Å². The smallest absolute Gasteiger partial charge is 0.126 e. The van der Waals surface area contributed by atoms with Gasteiger partial charge in [-0.05, 0) is 29.5 Å². The third-order valence-corrected chi connectivity index (χ3v) is 3.56. The lowest BCUT2D eigenvalue weighted by atomic mass is 9.83. The molecule has 0 saturated carbocycles. The van der Waals surface area contributed by atoms with Gasteiger partial charge in [-0.15, -0.1) is 0 Å². The van der Waals surface area contributed by atoms with Gasteiger partial charge in [0.05, 0.1) is 7.11 Å². The molecule has 1 atom stereocenters. The minimum Gasteiger partial charge on any atom is -0.496 e. The van der Waals surface area contributed by atoms with Crippen molar-refractivity contribution in [2.45, 2.75) is 38.5 Å². The van der Waals surface area contributed by atoms with E-state index < -0.39 is 0 Å². The van der Waals surface area contributed by atoms with Gasteiger partial charge < -0.3 is 10.1 Å². The van der Waals surface area contributed by atoms with Crippen molar-refractivity contribution in [2.75, 3.05) is 20.2 Å². The summed E-state index contributed by atoms with van der Waals surface area (Å²) in [5.41, 5.74) is 2.81. The summed E-state index contributed by atoms with van der Waals surface area (Å²) < 4.78 is 5.69. The normalized spacial score (nSPS) is 20.6. The average molecular weight is 233 g/mol. The molecule has 1 unspecified atom stereocenters. The lowest BCUT2D eigenvalue weighted by molar-refractivity contribution is 0.389. The number of nitrogens with one attached hydrogen (secondary N) is 1. The van der Waals surface area contributed by atoms with Gasteiger partial charge in [-0.25, -0.2) is 0 Å². The lowest BCUT2D eigenvalue weighted by Gasteiger charge is -2.25. The van der Waals surface area contributed by atoms with E-state index in [-0.39, 0.29) is 5.41 Å². The molecule has 2 nitrogen and oxygen atoms in total. The molecule has 0 radical (unpaired) electrons. The van der Waals surface area contributed by atoms with Crippen molar-refractivity contribution in [2.24, 2.45) is 0 Å². The molecule has 1 heterocycles. The van der Waals surface area contributed by atoms with E-state index in [0.29, 0.717) is 5.92 Å². The van der Waals surface area contributed by atoms with E-state index in [1.807, 2.05) is 0 Å². The van der Waals surface area contributed by atoms with E-state index in [1.165, 1.54) is 17.5 Å². The Bertz CT molecular complexity index is 386. The minimum atomic E-state index is 0.132. The molecule has 0 bridgehead atoms. The second-order valence-corrected chi connectivity index (χ2v) is 5.87.